The van der Waals surface area contributed by atoms with E-state index in [0.717, 1.165) is 0 Å². The van der Waals surface area contributed by atoms with Gasteiger partial charge in [-0.3, -0.25) is 39.2 Å². The Balaban J connectivity index is 1.41. The molecule has 2 aromatic carbocycles. The summed E-state index contributed by atoms with van der Waals surface area (Å²) in [4.78, 5) is 61.1. The molecule has 19 nitrogen and oxygen atoms in total. The number of carbonyl (C=O) groups excluding carboxylic acids is 4. The second-order valence-electron chi connectivity index (χ2n) is 13.0. The van der Waals surface area contributed by atoms with Crippen molar-refractivity contribution in [3.8, 4) is 11.5 Å². The number of amides is 4. The minimum atomic E-state index is -0.699. The third-order valence-corrected chi connectivity index (χ3v) is 9.13. The summed E-state index contributed by atoms with van der Waals surface area (Å²) in [6.07, 6.45) is 8.26. The van der Waals surface area contributed by atoms with E-state index in [2.05, 4.69) is 30.8 Å². The maximum atomic E-state index is 13.7. The zero-order valence-electron chi connectivity index (χ0n) is 32.2. The summed E-state index contributed by atoms with van der Waals surface area (Å²) in [6, 6.07) is 6.04. The van der Waals surface area contributed by atoms with Crippen LogP contribution in [-0.4, -0.2) is 87.7 Å². The van der Waals surface area contributed by atoms with E-state index < -0.39 is 23.6 Å². The third-order valence-electron chi connectivity index (χ3n) is 9.13. The number of aryl methyl sites for hydroxylation is 4. The average molecular weight is 781 g/mol. The molecule has 4 amide bonds. The molecule has 0 aliphatic carbocycles. The van der Waals surface area contributed by atoms with Gasteiger partial charge in [0.1, 0.15) is 22.5 Å². The first-order chi connectivity index (χ1) is 27.4. The number of aliphatic hydroxyl groups is 1. The number of rotatable bonds is 17. The average Bonchev–Trinajstić information content (AvgIpc) is 3.95. The van der Waals surface area contributed by atoms with E-state index in [1.165, 1.54) is 31.4 Å². The molecular formula is C38H44N12O7. The van der Waals surface area contributed by atoms with Crippen LogP contribution in [0.2, 0.25) is 0 Å². The molecule has 4 heterocycles. The Morgan fingerprint density at radius 1 is 0.754 bits per heavy atom. The van der Waals surface area contributed by atoms with E-state index >= 15 is 0 Å². The third kappa shape index (κ3) is 8.18. The highest BCUT2D eigenvalue weighted by molar-refractivity contribution is 6.06. The fraction of sp³-hybridized carbons (Fsp3) is 0.316. The van der Waals surface area contributed by atoms with Crippen molar-refractivity contribution in [3.63, 3.8) is 0 Å². The van der Waals surface area contributed by atoms with Crippen molar-refractivity contribution in [2.45, 2.75) is 46.2 Å². The summed E-state index contributed by atoms with van der Waals surface area (Å²) < 4.78 is 18.3. The number of allylic oxidation sites excluding steroid dienone is 2. The van der Waals surface area contributed by atoms with Crippen molar-refractivity contribution < 1.29 is 33.8 Å². The predicted molar refractivity (Wildman–Crippen MR) is 210 cm³/mol. The maximum absolute atomic E-state index is 13.7. The number of aliphatic hydroxyl groups excluding tert-OH is 1. The van der Waals surface area contributed by atoms with E-state index in [4.69, 9.17) is 20.9 Å². The first-order valence-corrected chi connectivity index (χ1v) is 18.2. The number of carbonyl (C=O) groups is 4. The van der Waals surface area contributed by atoms with Crippen LogP contribution < -0.4 is 31.6 Å². The number of imidazole rings is 2. The highest BCUT2D eigenvalue weighted by Crippen LogP contribution is 2.33. The Kier molecular flexibility index (Phi) is 11.7. The molecule has 4 aromatic heterocycles. The number of nitrogens with one attached hydrogen (secondary N) is 2. The molecule has 0 bridgehead atoms. The van der Waals surface area contributed by atoms with Crippen LogP contribution in [0.15, 0.2) is 48.8 Å². The Labute approximate surface area is 326 Å². The molecule has 57 heavy (non-hydrogen) atoms. The highest BCUT2D eigenvalue weighted by atomic mass is 16.5. The van der Waals surface area contributed by atoms with Crippen LogP contribution >= 0.6 is 0 Å². The summed E-state index contributed by atoms with van der Waals surface area (Å²) in [5.41, 5.74) is 15.2. The van der Waals surface area contributed by atoms with Crippen molar-refractivity contribution in [2.75, 3.05) is 31.0 Å². The Hall–Kier alpha value is -7.02. The molecule has 0 spiro atoms. The quantitative estimate of drug-likeness (QED) is 0.0664. The smallest absolute Gasteiger partial charge is 0.261 e. The largest absolute Gasteiger partial charge is 0.494 e. The summed E-state index contributed by atoms with van der Waals surface area (Å²) in [6.45, 7) is 4.11. The van der Waals surface area contributed by atoms with E-state index in [1.807, 2.05) is 26.0 Å². The monoisotopic (exact) mass is 780 g/mol. The second kappa shape index (κ2) is 16.8. The standard InChI is InChI=1S/C38H44N12O7/c1-6-25-23(19-47(3)45-25)35(54)43-37-41-27-15-21(33(39)52)17-29(56-5)31(27)49(37)11-8-9-12-50-32-28(16-22(34(40)53)18-30(32)57-14-10-13-51)42-38(50)44-36(55)24-20-48(4)46-26(24)7-2/h8-9,15-20,51H,6-7,10-14H2,1-5H3,(H2,39,52)(H2,40,53)(H,41,43,54)(H,42,44,55)/b9-8+. The number of hydrogen-bond donors (Lipinski definition) is 5. The lowest BCUT2D eigenvalue weighted by atomic mass is 10.1. The van der Waals surface area contributed by atoms with Gasteiger partial charge in [0, 0.05) is 63.7 Å². The molecule has 0 aliphatic rings. The Morgan fingerprint density at radius 3 is 1.63 bits per heavy atom. The SMILES string of the molecule is CCc1nn(C)cc1C(=O)Nc1nc2cc(C(N)=O)cc(OC)c2n1C/C=C/Cn1c(NC(=O)c2cn(C)nc2CC)nc2cc(C(N)=O)cc(OCCCO)c21. The number of methoxy groups -OCH3 is 1. The van der Waals surface area contributed by atoms with Crippen LogP contribution in [0.1, 0.15) is 73.1 Å². The molecule has 7 N–H and O–H groups in total. The molecule has 0 atom stereocenters. The van der Waals surface area contributed by atoms with Gasteiger partial charge in [-0.05, 0) is 37.1 Å². The number of ether oxygens (including phenoxy) is 2. The van der Waals surface area contributed by atoms with E-state index in [-0.39, 0.29) is 55.1 Å². The summed E-state index contributed by atoms with van der Waals surface area (Å²) in [5, 5.41) is 24.0. The van der Waals surface area contributed by atoms with Gasteiger partial charge < -0.3 is 35.2 Å². The van der Waals surface area contributed by atoms with Gasteiger partial charge in [0.15, 0.2) is 0 Å². The van der Waals surface area contributed by atoms with Gasteiger partial charge in [-0.25, -0.2) is 9.97 Å². The van der Waals surface area contributed by atoms with Crippen molar-refractivity contribution in [1.82, 2.24) is 38.7 Å². The number of primary amides is 2. The van der Waals surface area contributed by atoms with Gasteiger partial charge in [-0.1, -0.05) is 26.0 Å². The number of fused-ring (bicyclic) bond motifs is 2. The predicted octanol–water partition coefficient (Wildman–Crippen LogP) is 2.71. The fourth-order valence-corrected chi connectivity index (χ4v) is 6.47. The first-order valence-electron chi connectivity index (χ1n) is 18.2. The van der Waals surface area contributed by atoms with Crippen molar-refractivity contribution in [3.05, 3.63) is 82.5 Å². The van der Waals surface area contributed by atoms with Crippen LogP contribution in [0.4, 0.5) is 11.9 Å². The van der Waals surface area contributed by atoms with E-state index in [1.54, 1.807) is 45.0 Å². The minimum Gasteiger partial charge on any atom is -0.494 e. The molecule has 0 radical (unpaired) electrons. The number of hydrogen-bond acceptors (Lipinski definition) is 11. The molecule has 0 saturated carbocycles. The molecule has 6 aromatic rings. The van der Waals surface area contributed by atoms with Gasteiger partial charge >= 0.3 is 0 Å². The molecule has 19 heteroatoms. The number of nitrogens with two attached hydrogens (primary N) is 2. The van der Waals surface area contributed by atoms with Crippen molar-refractivity contribution in [1.29, 1.82) is 0 Å². The van der Waals surface area contributed by atoms with Gasteiger partial charge in [-0.15, -0.1) is 0 Å². The zero-order valence-corrected chi connectivity index (χ0v) is 32.2. The summed E-state index contributed by atoms with van der Waals surface area (Å²) >= 11 is 0. The van der Waals surface area contributed by atoms with Crippen LogP contribution in [-0.2, 0) is 40.0 Å². The normalized spacial score (nSPS) is 11.5. The molecule has 0 aliphatic heterocycles. The van der Waals surface area contributed by atoms with Gasteiger partial charge in [-0.2, -0.15) is 10.2 Å². The first kappa shape index (κ1) is 39.7. The Morgan fingerprint density at radius 2 is 1.21 bits per heavy atom. The van der Waals surface area contributed by atoms with E-state index in [0.29, 0.717) is 69.6 Å². The van der Waals surface area contributed by atoms with Gasteiger partial charge in [0.25, 0.3) is 11.8 Å². The molecular weight excluding hydrogens is 736 g/mol. The molecule has 298 valence electrons. The van der Waals surface area contributed by atoms with Crippen LogP contribution in [0.25, 0.3) is 22.1 Å². The van der Waals surface area contributed by atoms with E-state index in [9.17, 15) is 24.3 Å². The van der Waals surface area contributed by atoms with Crippen LogP contribution in [0.5, 0.6) is 11.5 Å². The number of aromatic nitrogens is 8. The number of anilines is 2. The molecule has 0 unspecified atom stereocenters. The lowest BCUT2D eigenvalue weighted by Gasteiger charge is -2.13. The fourth-order valence-electron chi connectivity index (χ4n) is 6.47. The lowest BCUT2D eigenvalue weighted by Crippen LogP contribution is -2.17. The minimum absolute atomic E-state index is 0.116. The van der Waals surface area contributed by atoms with Crippen molar-refractivity contribution >= 4 is 57.6 Å². The molecule has 0 saturated heterocycles. The van der Waals surface area contributed by atoms with Gasteiger partial charge in [0.05, 0.1) is 47.3 Å². The van der Waals surface area contributed by atoms with Crippen molar-refractivity contribution in [2.24, 2.45) is 25.6 Å². The summed E-state index contributed by atoms with van der Waals surface area (Å²) in [5.74, 6) is -1.33. The topological polar surface area (TPSA) is 254 Å². The second-order valence-corrected chi connectivity index (χ2v) is 13.0. The zero-order chi connectivity index (χ0) is 41.0. The van der Waals surface area contributed by atoms with Crippen LogP contribution in [0, 0.1) is 0 Å². The highest BCUT2D eigenvalue weighted by Gasteiger charge is 2.24. The number of nitrogens with zero attached hydrogens (tertiary/aromatic N) is 8. The lowest BCUT2D eigenvalue weighted by molar-refractivity contribution is 0.0991. The van der Waals surface area contributed by atoms with Gasteiger partial charge in [0.2, 0.25) is 23.7 Å². The number of benzene rings is 2. The van der Waals surface area contributed by atoms with Crippen LogP contribution in [0.3, 0.4) is 0 Å². The molecule has 0 fully saturated rings. The maximum Gasteiger partial charge on any atom is 0.261 e. The molecule has 6 rings (SSSR count). The summed E-state index contributed by atoms with van der Waals surface area (Å²) in [7, 11) is 4.91. The Bertz CT molecular complexity index is 2540.